The number of nitrogens with zero attached hydrogens (tertiary/aromatic N) is 3. The Hall–Kier alpha value is -2.54. The standard InChI is InChI=1S/C18H16BrFN4O/c1-11(13-3-7-15(20)8-4-13)21-18(25)17-12(2)24(23-22-17)16-9-5-14(19)6-10-16/h3-11H,1-2H3,(H,21,25). The molecule has 0 aliphatic rings. The van der Waals surface area contributed by atoms with Crippen LogP contribution in [0, 0.1) is 12.7 Å². The fraction of sp³-hybridized carbons (Fsp3) is 0.167. The average molecular weight is 403 g/mol. The molecule has 1 atom stereocenters. The number of nitrogens with one attached hydrogen (secondary N) is 1. The Labute approximate surface area is 153 Å². The van der Waals surface area contributed by atoms with Gasteiger partial charge in [-0.3, -0.25) is 4.79 Å². The molecule has 0 fully saturated rings. The van der Waals surface area contributed by atoms with Crippen molar-refractivity contribution in [1.29, 1.82) is 0 Å². The molecule has 0 saturated carbocycles. The monoisotopic (exact) mass is 402 g/mol. The second-order valence-corrected chi connectivity index (χ2v) is 6.57. The van der Waals surface area contributed by atoms with Gasteiger partial charge in [0.05, 0.1) is 17.4 Å². The van der Waals surface area contributed by atoms with E-state index in [1.807, 2.05) is 31.2 Å². The first-order valence-electron chi connectivity index (χ1n) is 7.70. The van der Waals surface area contributed by atoms with E-state index in [0.717, 1.165) is 15.7 Å². The zero-order valence-electron chi connectivity index (χ0n) is 13.7. The SMILES string of the molecule is Cc1c(C(=O)NC(C)c2ccc(F)cc2)nnn1-c1ccc(Br)cc1. The Morgan fingerprint density at radius 1 is 1.16 bits per heavy atom. The van der Waals surface area contributed by atoms with Crippen molar-refractivity contribution >= 4 is 21.8 Å². The zero-order chi connectivity index (χ0) is 18.0. The van der Waals surface area contributed by atoms with Gasteiger partial charge in [-0.15, -0.1) is 5.10 Å². The van der Waals surface area contributed by atoms with Gasteiger partial charge in [0.1, 0.15) is 5.82 Å². The lowest BCUT2D eigenvalue weighted by Gasteiger charge is -2.13. The summed E-state index contributed by atoms with van der Waals surface area (Å²) in [4.78, 5) is 12.5. The lowest BCUT2D eigenvalue weighted by atomic mass is 10.1. The van der Waals surface area contributed by atoms with Crippen LogP contribution >= 0.6 is 15.9 Å². The number of benzene rings is 2. The van der Waals surface area contributed by atoms with Crippen molar-refractivity contribution < 1.29 is 9.18 Å². The predicted molar refractivity (Wildman–Crippen MR) is 96.1 cm³/mol. The fourth-order valence-electron chi connectivity index (χ4n) is 2.47. The first kappa shape index (κ1) is 17.3. The quantitative estimate of drug-likeness (QED) is 0.717. The summed E-state index contributed by atoms with van der Waals surface area (Å²) in [5, 5.41) is 10.9. The van der Waals surface area contributed by atoms with Crippen LogP contribution in [-0.4, -0.2) is 20.9 Å². The van der Waals surface area contributed by atoms with Crippen LogP contribution in [0.25, 0.3) is 5.69 Å². The van der Waals surface area contributed by atoms with Crippen molar-refractivity contribution in [2.75, 3.05) is 0 Å². The van der Waals surface area contributed by atoms with E-state index >= 15 is 0 Å². The van der Waals surface area contributed by atoms with Crippen molar-refractivity contribution in [2.24, 2.45) is 0 Å². The number of rotatable bonds is 4. The summed E-state index contributed by atoms with van der Waals surface area (Å²) in [7, 11) is 0. The largest absolute Gasteiger partial charge is 0.344 e. The summed E-state index contributed by atoms with van der Waals surface area (Å²) < 4.78 is 15.6. The van der Waals surface area contributed by atoms with Crippen LogP contribution in [0.4, 0.5) is 4.39 Å². The number of carbonyl (C=O) groups excluding carboxylic acids is 1. The number of hydrogen-bond donors (Lipinski definition) is 1. The molecule has 3 rings (SSSR count). The van der Waals surface area contributed by atoms with Gasteiger partial charge in [-0.2, -0.15) is 0 Å². The summed E-state index contributed by atoms with van der Waals surface area (Å²) >= 11 is 3.39. The molecule has 2 aromatic carbocycles. The molecule has 7 heteroatoms. The third kappa shape index (κ3) is 3.76. The minimum absolute atomic E-state index is 0.261. The van der Waals surface area contributed by atoms with E-state index in [9.17, 15) is 9.18 Å². The molecule has 3 aromatic rings. The van der Waals surface area contributed by atoms with E-state index in [1.54, 1.807) is 23.7 Å². The Kier molecular flexibility index (Phi) is 4.94. The van der Waals surface area contributed by atoms with Crippen molar-refractivity contribution in [3.8, 4) is 5.69 Å². The molecule has 0 bridgehead atoms. The van der Waals surface area contributed by atoms with Crippen LogP contribution in [0.3, 0.4) is 0 Å². The number of aromatic nitrogens is 3. The van der Waals surface area contributed by atoms with E-state index in [-0.39, 0.29) is 23.5 Å². The van der Waals surface area contributed by atoms with E-state index in [0.29, 0.717) is 5.69 Å². The Bertz CT molecular complexity index is 890. The summed E-state index contributed by atoms with van der Waals surface area (Å²) in [6.45, 7) is 3.62. The summed E-state index contributed by atoms with van der Waals surface area (Å²) in [5.41, 5.74) is 2.54. The number of hydrogen-bond acceptors (Lipinski definition) is 3. The van der Waals surface area contributed by atoms with Crippen LogP contribution < -0.4 is 5.32 Å². The van der Waals surface area contributed by atoms with E-state index in [1.165, 1.54) is 12.1 Å². The van der Waals surface area contributed by atoms with Gasteiger partial charge < -0.3 is 5.32 Å². The van der Waals surface area contributed by atoms with Gasteiger partial charge in [-0.05, 0) is 55.8 Å². The van der Waals surface area contributed by atoms with Crippen molar-refractivity contribution in [3.63, 3.8) is 0 Å². The molecule has 1 aromatic heterocycles. The molecule has 0 spiro atoms. The van der Waals surface area contributed by atoms with Gasteiger partial charge in [-0.1, -0.05) is 33.3 Å². The molecular weight excluding hydrogens is 387 g/mol. The third-order valence-corrected chi connectivity index (χ3v) is 4.43. The summed E-state index contributed by atoms with van der Waals surface area (Å²) in [5.74, 6) is -0.631. The van der Waals surface area contributed by atoms with Crippen LogP contribution in [0.5, 0.6) is 0 Å². The molecule has 25 heavy (non-hydrogen) atoms. The molecule has 1 N–H and O–H groups in total. The first-order valence-corrected chi connectivity index (χ1v) is 8.49. The smallest absolute Gasteiger partial charge is 0.274 e. The molecule has 1 unspecified atom stereocenters. The van der Waals surface area contributed by atoms with Gasteiger partial charge in [0.25, 0.3) is 5.91 Å². The van der Waals surface area contributed by atoms with Gasteiger partial charge in [0.2, 0.25) is 0 Å². The van der Waals surface area contributed by atoms with Crippen molar-refractivity contribution in [2.45, 2.75) is 19.9 Å². The number of halogens is 2. The maximum Gasteiger partial charge on any atom is 0.274 e. The Morgan fingerprint density at radius 2 is 1.80 bits per heavy atom. The molecule has 5 nitrogen and oxygen atoms in total. The molecule has 0 aliphatic heterocycles. The van der Waals surface area contributed by atoms with Crippen LogP contribution in [-0.2, 0) is 0 Å². The maximum atomic E-state index is 13.0. The first-order chi connectivity index (χ1) is 12.0. The van der Waals surface area contributed by atoms with Gasteiger partial charge in [0, 0.05) is 4.47 Å². The predicted octanol–water partition coefficient (Wildman–Crippen LogP) is 3.97. The highest BCUT2D eigenvalue weighted by atomic mass is 79.9. The topological polar surface area (TPSA) is 59.8 Å². The summed E-state index contributed by atoms with van der Waals surface area (Å²) in [6.07, 6.45) is 0. The van der Waals surface area contributed by atoms with Gasteiger partial charge >= 0.3 is 0 Å². The number of carbonyl (C=O) groups is 1. The minimum atomic E-state index is -0.322. The normalized spacial score (nSPS) is 12.0. The molecule has 1 heterocycles. The highest BCUT2D eigenvalue weighted by Gasteiger charge is 2.19. The molecule has 128 valence electrons. The second kappa shape index (κ2) is 7.14. The third-order valence-electron chi connectivity index (χ3n) is 3.90. The zero-order valence-corrected chi connectivity index (χ0v) is 15.3. The van der Waals surface area contributed by atoms with Crippen LogP contribution in [0.2, 0.25) is 0 Å². The molecule has 0 saturated heterocycles. The molecule has 1 amide bonds. The average Bonchev–Trinajstić information content (AvgIpc) is 2.98. The van der Waals surface area contributed by atoms with Crippen LogP contribution in [0.1, 0.15) is 34.7 Å². The molecular formula is C18H16BrFN4O. The van der Waals surface area contributed by atoms with Crippen molar-refractivity contribution in [1.82, 2.24) is 20.3 Å². The highest BCUT2D eigenvalue weighted by Crippen LogP contribution is 2.17. The second-order valence-electron chi connectivity index (χ2n) is 5.66. The minimum Gasteiger partial charge on any atom is -0.344 e. The Morgan fingerprint density at radius 3 is 2.44 bits per heavy atom. The fourth-order valence-corrected chi connectivity index (χ4v) is 2.73. The lowest BCUT2D eigenvalue weighted by molar-refractivity contribution is 0.0934. The summed E-state index contributed by atoms with van der Waals surface area (Å²) in [6, 6.07) is 13.3. The highest BCUT2D eigenvalue weighted by molar-refractivity contribution is 9.10. The van der Waals surface area contributed by atoms with E-state index in [2.05, 4.69) is 31.6 Å². The molecule has 0 radical (unpaired) electrons. The Balaban J connectivity index is 1.79. The van der Waals surface area contributed by atoms with E-state index < -0.39 is 0 Å². The van der Waals surface area contributed by atoms with Crippen LogP contribution in [0.15, 0.2) is 53.0 Å². The number of amides is 1. The lowest BCUT2D eigenvalue weighted by Crippen LogP contribution is -2.27. The van der Waals surface area contributed by atoms with Gasteiger partial charge in [0.15, 0.2) is 5.69 Å². The van der Waals surface area contributed by atoms with Crippen molar-refractivity contribution in [3.05, 3.63) is 75.8 Å². The van der Waals surface area contributed by atoms with E-state index in [4.69, 9.17) is 0 Å². The van der Waals surface area contributed by atoms with Gasteiger partial charge in [-0.25, -0.2) is 9.07 Å². The maximum absolute atomic E-state index is 13.0. The molecule has 0 aliphatic carbocycles.